The summed E-state index contributed by atoms with van der Waals surface area (Å²) in [6.07, 6.45) is 2.84. The van der Waals surface area contributed by atoms with Crippen molar-refractivity contribution in [1.29, 1.82) is 0 Å². The van der Waals surface area contributed by atoms with Gasteiger partial charge in [0.1, 0.15) is 0 Å². The molecule has 0 aliphatic carbocycles. The third-order valence-corrected chi connectivity index (χ3v) is 5.58. The number of benzene rings is 3. The maximum Gasteiger partial charge on any atom is 0.305 e. The van der Waals surface area contributed by atoms with Crippen molar-refractivity contribution in [2.45, 2.75) is 19.4 Å². The molecule has 162 valence electrons. The first-order valence-electron chi connectivity index (χ1n) is 10.3. The van der Waals surface area contributed by atoms with Crippen LogP contribution in [0.25, 0.3) is 10.9 Å². The van der Waals surface area contributed by atoms with Gasteiger partial charge in [-0.25, -0.2) is 0 Å². The van der Waals surface area contributed by atoms with Crippen LogP contribution >= 0.6 is 11.6 Å². The summed E-state index contributed by atoms with van der Waals surface area (Å²) in [5, 5.41) is 4.69. The lowest BCUT2D eigenvalue weighted by molar-refractivity contribution is -0.140. The van der Waals surface area contributed by atoms with Crippen LogP contribution in [0.15, 0.2) is 79.0 Å². The summed E-state index contributed by atoms with van der Waals surface area (Å²) >= 11 is 6.00. The Bertz CT molecular complexity index is 1260. The number of hydrogen-bond donors (Lipinski definition) is 1. The first-order chi connectivity index (χ1) is 15.5. The second-order valence-electron chi connectivity index (χ2n) is 7.54. The molecule has 0 saturated carbocycles. The van der Waals surface area contributed by atoms with Gasteiger partial charge in [0.15, 0.2) is 0 Å². The highest BCUT2D eigenvalue weighted by Gasteiger charge is 2.14. The number of aryl methyl sites for hydroxylation is 1. The van der Waals surface area contributed by atoms with E-state index in [4.69, 9.17) is 16.3 Å². The van der Waals surface area contributed by atoms with Crippen LogP contribution < -0.4 is 5.32 Å². The van der Waals surface area contributed by atoms with E-state index in [-0.39, 0.29) is 11.9 Å². The molecular weight excluding hydrogens is 424 g/mol. The van der Waals surface area contributed by atoms with Crippen LogP contribution in [0.2, 0.25) is 5.02 Å². The first-order valence-corrected chi connectivity index (χ1v) is 10.7. The van der Waals surface area contributed by atoms with Crippen LogP contribution in [0.4, 0.5) is 5.69 Å². The van der Waals surface area contributed by atoms with Gasteiger partial charge in [0.05, 0.1) is 18.2 Å². The summed E-state index contributed by atoms with van der Waals surface area (Å²) in [5.41, 5.74) is 4.21. The Kier molecular flexibility index (Phi) is 6.57. The number of anilines is 1. The van der Waals surface area contributed by atoms with E-state index in [9.17, 15) is 9.59 Å². The molecule has 0 spiro atoms. The Balaban J connectivity index is 1.57. The second kappa shape index (κ2) is 9.71. The van der Waals surface area contributed by atoms with E-state index < -0.39 is 0 Å². The molecule has 5 nitrogen and oxygen atoms in total. The quantitative estimate of drug-likeness (QED) is 0.370. The summed E-state index contributed by atoms with van der Waals surface area (Å²) in [7, 11) is 1.38. The van der Waals surface area contributed by atoms with Crippen molar-refractivity contribution >= 4 is 40.1 Å². The molecule has 0 aliphatic heterocycles. The fraction of sp³-hybridized carbons (Fsp3) is 0.154. The van der Waals surface area contributed by atoms with Crippen LogP contribution in [-0.2, 0) is 22.5 Å². The minimum absolute atomic E-state index is 0.184. The Hall–Kier alpha value is -3.57. The standard InChI is InChI=1S/C26H23ClN2O3/c1-32-24(30)13-10-18-4-2-6-22(16-18)28-26(31)23-7-3-5-20-14-15-29(25(20)23)17-19-8-11-21(27)12-9-19/h2-9,11-12,14-16H,10,13,17H2,1H3,(H,28,31). The zero-order chi connectivity index (χ0) is 22.5. The lowest BCUT2D eigenvalue weighted by atomic mass is 10.1. The molecule has 0 atom stereocenters. The van der Waals surface area contributed by atoms with E-state index in [1.54, 1.807) is 0 Å². The Morgan fingerprint density at radius 1 is 0.969 bits per heavy atom. The van der Waals surface area contributed by atoms with Gasteiger partial charge in [-0.15, -0.1) is 0 Å². The van der Waals surface area contributed by atoms with E-state index in [1.165, 1.54) is 7.11 Å². The summed E-state index contributed by atoms with van der Waals surface area (Å²) < 4.78 is 6.77. The van der Waals surface area contributed by atoms with Gasteiger partial charge in [0.2, 0.25) is 0 Å². The number of methoxy groups -OCH3 is 1. The number of hydrogen-bond acceptors (Lipinski definition) is 3. The molecular formula is C26H23ClN2O3. The van der Waals surface area contributed by atoms with Crippen LogP contribution in [0.1, 0.15) is 27.9 Å². The lowest BCUT2D eigenvalue weighted by Crippen LogP contribution is -2.14. The third kappa shape index (κ3) is 5.01. The molecule has 4 aromatic rings. The van der Waals surface area contributed by atoms with Gasteiger partial charge in [-0.3, -0.25) is 9.59 Å². The summed E-state index contributed by atoms with van der Waals surface area (Å²) in [6.45, 7) is 0.633. The molecule has 4 rings (SSSR count). The summed E-state index contributed by atoms with van der Waals surface area (Å²) in [4.78, 5) is 24.6. The minimum Gasteiger partial charge on any atom is -0.469 e. The highest BCUT2D eigenvalue weighted by Crippen LogP contribution is 2.23. The topological polar surface area (TPSA) is 60.3 Å². The molecule has 0 bridgehead atoms. The van der Waals surface area contributed by atoms with Crippen LogP contribution in [0.3, 0.4) is 0 Å². The van der Waals surface area contributed by atoms with E-state index in [0.29, 0.717) is 35.7 Å². The maximum atomic E-state index is 13.2. The number of para-hydroxylation sites is 1. The average molecular weight is 447 g/mol. The Morgan fingerprint density at radius 3 is 2.53 bits per heavy atom. The van der Waals surface area contributed by atoms with E-state index in [0.717, 1.165) is 22.0 Å². The second-order valence-corrected chi connectivity index (χ2v) is 7.98. The fourth-order valence-electron chi connectivity index (χ4n) is 3.71. The molecule has 6 heteroatoms. The number of amides is 1. The average Bonchev–Trinajstić information content (AvgIpc) is 3.22. The SMILES string of the molecule is COC(=O)CCc1cccc(NC(=O)c2cccc3ccn(Cc4ccc(Cl)cc4)c23)c1. The van der Waals surface area contributed by atoms with Gasteiger partial charge in [0, 0.05) is 35.3 Å². The molecule has 1 aromatic heterocycles. The summed E-state index contributed by atoms with van der Waals surface area (Å²) in [5.74, 6) is -0.440. The summed E-state index contributed by atoms with van der Waals surface area (Å²) in [6, 6.07) is 22.9. The number of aromatic nitrogens is 1. The molecule has 0 aliphatic rings. The van der Waals surface area contributed by atoms with Crippen molar-refractivity contribution in [2.24, 2.45) is 0 Å². The molecule has 3 aromatic carbocycles. The van der Waals surface area contributed by atoms with Gasteiger partial charge in [-0.1, -0.05) is 48.0 Å². The van der Waals surface area contributed by atoms with Crippen molar-refractivity contribution in [3.8, 4) is 0 Å². The van der Waals surface area contributed by atoms with Gasteiger partial charge in [-0.05, 0) is 53.9 Å². The molecule has 1 amide bonds. The van der Waals surface area contributed by atoms with E-state index in [2.05, 4.69) is 9.88 Å². The minimum atomic E-state index is -0.257. The first kappa shape index (κ1) is 21.7. The van der Waals surface area contributed by atoms with Crippen LogP contribution in [0, 0.1) is 0 Å². The zero-order valence-corrected chi connectivity index (χ0v) is 18.4. The normalized spacial score (nSPS) is 10.8. The van der Waals surface area contributed by atoms with E-state index >= 15 is 0 Å². The molecule has 32 heavy (non-hydrogen) atoms. The largest absolute Gasteiger partial charge is 0.469 e. The lowest BCUT2D eigenvalue weighted by Gasteiger charge is -2.12. The van der Waals surface area contributed by atoms with Crippen LogP contribution in [-0.4, -0.2) is 23.6 Å². The number of rotatable bonds is 7. The number of halogens is 1. The number of nitrogens with zero attached hydrogens (tertiary/aromatic N) is 1. The maximum absolute atomic E-state index is 13.2. The number of carbonyl (C=O) groups excluding carboxylic acids is 2. The van der Waals surface area contributed by atoms with Crippen molar-refractivity contribution in [1.82, 2.24) is 4.57 Å². The highest BCUT2D eigenvalue weighted by molar-refractivity contribution is 6.30. The predicted molar refractivity (Wildman–Crippen MR) is 127 cm³/mol. The van der Waals surface area contributed by atoms with Crippen molar-refractivity contribution in [3.05, 3.63) is 101 Å². The molecule has 0 unspecified atom stereocenters. The third-order valence-electron chi connectivity index (χ3n) is 5.33. The zero-order valence-electron chi connectivity index (χ0n) is 17.7. The number of nitrogens with one attached hydrogen (secondary N) is 1. The fourth-order valence-corrected chi connectivity index (χ4v) is 3.84. The Morgan fingerprint density at radius 2 is 1.75 bits per heavy atom. The molecule has 1 heterocycles. The van der Waals surface area contributed by atoms with Crippen molar-refractivity contribution in [3.63, 3.8) is 0 Å². The van der Waals surface area contributed by atoms with Crippen molar-refractivity contribution < 1.29 is 14.3 Å². The predicted octanol–water partition coefficient (Wildman–Crippen LogP) is 5.70. The number of fused-ring (bicyclic) bond motifs is 1. The molecule has 0 saturated heterocycles. The van der Waals surface area contributed by atoms with Crippen LogP contribution in [0.5, 0.6) is 0 Å². The number of ether oxygens (including phenoxy) is 1. The van der Waals surface area contributed by atoms with Gasteiger partial charge in [-0.2, -0.15) is 0 Å². The Labute approximate surface area is 191 Å². The monoisotopic (exact) mass is 446 g/mol. The smallest absolute Gasteiger partial charge is 0.305 e. The molecule has 0 fully saturated rings. The van der Waals surface area contributed by atoms with Crippen molar-refractivity contribution in [2.75, 3.05) is 12.4 Å². The van der Waals surface area contributed by atoms with Gasteiger partial charge >= 0.3 is 5.97 Å². The highest BCUT2D eigenvalue weighted by atomic mass is 35.5. The van der Waals surface area contributed by atoms with Gasteiger partial charge < -0.3 is 14.6 Å². The number of carbonyl (C=O) groups is 2. The molecule has 0 radical (unpaired) electrons. The number of esters is 1. The van der Waals surface area contributed by atoms with Gasteiger partial charge in [0.25, 0.3) is 5.91 Å². The van der Waals surface area contributed by atoms with E-state index in [1.807, 2.05) is 79.0 Å². The molecule has 1 N–H and O–H groups in total.